The Kier molecular flexibility index (Phi) is 6.48. The Morgan fingerprint density at radius 1 is 1.06 bits per heavy atom. The molecule has 0 spiro atoms. The topological polar surface area (TPSA) is 113 Å². The van der Waals surface area contributed by atoms with Gasteiger partial charge in [-0.2, -0.15) is 0 Å². The van der Waals surface area contributed by atoms with Crippen LogP contribution in [0, 0.1) is 0 Å². The Balaban J connectivity index is 1.29. The number of hydrogen-bond acceptors (Lipinski definition) is 5. The van der Waals surface area contributed by atoms with Crippen molar-refractivity contribution in [2.75, 3.05) is 26.1 Å². The Morgan fingerprint density at radius 3 is 2.67 bits per heavy atom. The van der Waals surface area contributed by atoms with Crippen LogP contribution < -0.4 is 20.1 Å². The minimum atomic E-state index is -0.709. The van der Waals surface area contributed by atoms with Crippen LogP contribution in [-0.2, 0) is 16.0 Å². The molecule has 9 nitrogen and oxygen atoms in total. The van der Waals surface area contributed by atoms with Crippen LogP contribution in [0.3, 0.4) is 0 Å². The molecule has 3 N–H and O–H groups in total. The number of H-pyrrole nitrogens is 1. The van der Waals surface area contributed by atoms with E-state index in [-0.39, 0.29) is 31.2 Å². The Morgan fingerprint density at radius 2 is 1.88 bits per heavy atom. The summed E-state index contributed by atoms with van der Waals surface area (Å²) in [6, 6.07) is 11.9. The van der Waals surface area contributed by atoms with Crippen molar-refractivity contribution in [2.24, 2.45) is 0 Å². The molecule has 1 saturated heterocycles. The van der Waals surface area contributed by atoms with E-state index in [1.807, 2.05) is 42.6 Å². The maximum atomic E-state index is 12.7. The maximum absolute atomic E-state index is 12.7. The van der Waals surface area contributed by atoms with Gasteiger partial charge in [0.05, 0.1) is 14.2 Å². The number of ether oxygens (including phenoxy) is 2. The van der Waals surface area contributed by atoms with Gasteiger partial charge in [0, 0.05) is 30.4 Å². The number of aromatic amines is 1. The Hall–Kier alpha value is -4.01. The van der Waals surface area contributed by atoms with E-state index in [1.165, 1.54) is 4.90 Å². The van der Waals surface area contributed by atoms with Gasteiger partial charge in [-0.1, -0.05) is 12.1 Å². The summed E-state index contributed by atoms with van der Waals surface area (Å²) >= 11 is 0. The fourth-order valence-electron chi connectivity index (χ4n) is 3.89. The van der Waals surface area contributed by atoms with Crippen molar-refractivity contribution in [3.05, 3.63) is 54.2 Å². The number of imide groups is 1. The number of urea groups is 1. The van der Waals surface area contributed by atoms with Crippen molar-refractivity contribution in [3.8, 4) is 11.5 Å². The smallest absolute Gasteiger partial charge is 0.324 e. The van der Waals surface area contributed by atoms with Crippen molar-refractivity contribution in [1.82, 2.24) is 15.2 Å². The molecular weight excluding hydrogens is 424 g/mol. The number of carbonyl (C=O) groups is 3. The number of hydrogen-bond donors (Lipinski definition) is 3. The molecule has 9 heteroatoms. The third-order valence-corrected chi connectivity index (χ3v) is 5.68. The zero-order chi connectivity index (χ0) is 23.4. The van der Waals surface area contributed by atoms with Crippen LogP contribution in [0.2, 0.25) is 0 Å². The van der Waals surface area contributed by atoms with E-state index >= 15 is 0 Å². The molecule has 1 aliphatic heterocycles. The van der Waals surface area contributed by atoms with Gasteiger partial charge in [0.15, 0.2) is 11.5 Å². The molecule has 3 aromatic rings. The lowest BCUT2D eigenvalue weighted by Gasteiger charge is -2.14. The van der Waals surface area contributed by atoms with Crippen LogP contribution in [0.15, 0.2) is 48.7 Å². The fourth-order valence-corrected chi connectivity index (χ4v) is 3.89. The molecule has 0 unspecified atom stereocenters. The van der Waals surface area contributed by atoms with Gasteiger partial charge in [-0.05, 0) is 54.1 Å². The van der Waals surface area contributed by atoms with Crippen LogP contribution in [-0.4, -0.2) is 54.5 Å². The summed E-state index contributed by atoms with van der Waals surface area (Å²) in [5.74, 6) is 0.668. The summed E-state index contributed by atoms with van der Waals surface area (Å²) in [5, 5.41) is 6.57. The van der Waals surface area contributed by atoms with E-state index in [9.17, 15) is 14.4 Å². The Bertz CT molecular complexity index is 1190. The van der Waals surface area contributed by atoms with Gasteiger partial charge >= 0.3 is 6.03 Å². The molecule has 1 aliphatic rings. The normalized spacial score (nSPS) is 15.6. The first-order valence-corrected chi connectivity index (χ1v) is 10.7. The molecule has 0 bridgehead atoms. The van der Waals surface area contributed by atoms with Gasteiger partial charge in [0.2, 0.25) is 5.91 Å². The summed E-state index contributed by atoms with van der Waals surface area (Å²) in [4.78, 5) is 41.7. The van der Waals surface area contributed by atoms with Crippen LogP contribution in [0.1, 0.15) is 18.4 Å². The largest absolute Gasteiger partial charge is 0.493 e. The number of fused-ring (bicyclic) bond motifs is 1. The van der Waals surface area contributed by atoms with Crippen LogP contribution in [0.4, 0.5) is 10.5 Å². The average Bonchev–Trinajstić information content (AvgIpc) is 3.39. The molecule has 172 valence electrons. The maximum Gasteiger partial charge on any atom is 0.324 e. The van der Waals surface area contributed by atoms with E-state index in [0.29, 0.717) is 23.6 Å². The molecule has 0 saturated carbocycles. The summed E-state index contributed by atoms with van der Waals surface area (Å²) in [6.07, 6.45) is 2.66. The van der Waals surface area contributed by atoms with Crippen molar-refractivity contribution in [1.29, 1.82) is 0 Å². The zero-order valence-corrected chi connectivity index (χ0v) is 18.5. The van der Waals surface area contributed by atoms with Gasteiger partial charge in [0.25, 0.3) is 5.91 Å². The van der Waals surface area contributed by atoms with Crippen molar-refractivity contribution in [3.63, 3.8) is 0 Å². The highest BCUT2D eigenvalue weighted by Crippen LogP contribution is 2.28. The Labute approximate surface area is 191 Å². The molecule has 1 atom stereocenters. The third-order valence-electron chi connectivity index (χ3n) is 5.68. The minimum absolute atomic E-state index is 0.114. The molecule has 2 aromatic carbocycles. The lowest BCUT2D eigenvalue weighted by Crippen LogP contribution is -2.33. The van der Waals surface area contributed by atoms with Crippen molar-refractivity contribution in [2.45, 2.75) is 25.3 Å². The lowest BCUT2D eigenvalue weighted by molar-refractivity contribution is -0.127. The summed E-state index contributed by atoms with van der Waals surface area (Å²) in [6.45, 7) is 0.235. The van der Waals surface area contributed by atoms with Crippen LogP contribution >= 0.6 is 0 Å². The second-order valence-electron chi connectivity index (χ2n) is 7.80. The highest BCUT2D eigenvalue weighted by atomic mass is 16.5. The molecule has 0 aliphatic carbocycles. The molecule has 4 rings (SSSR count). The molecular formula is C24H26N4O5. The predicted molar refractivity (Wildman–Crippen MR) is 123 cm³/mol. The molecule has 4 amide bonds. The van der Waals surface area contributed by atoms with E-state index in [4.69, 9.17) is 9.47 Å². The SMILES string of the molecule is COc1ccc(CCN2C(=O)N[C@@H](CCC(=O)Nc3ccc4cc[nH]c4c3)C2=O)cc1OC. The average molecular weight is 450 g/mol. The number of benzene rings is 2. The van der Waals surface area contributed by atoms with Crippen LogP contribution in [0.25, 0.3) is 10.9 Å². The van der Waals surface area contributed by atoms with Gasteiger partial charge in [-0.15, -0.1) is 0 Å². The first-order chi connectivity index (χ1) is 16.0. The number of amides is 4. The van der Waals surface area contributed by atoms with Crippen LogP contribution in [0.5, 0.6) is 11.5 Å². The quantitative estimate of drug-likeness (QED) is 0.434. The molecule has 2 heterocycles. The summed E-state index contributed by atoms with van der Waals surface area (Å²) in [5.41, 5.74) is 2.51. The zero-order valence-electron chi connectivity index (χ0n) is 18.5. The molecule has 1 aromatic heterocycles. The second kappa shape index (κ2) is 9.64. The summed E-state index contributed by atoms with van der Waals surface area (Å²) < 4.78 is 10.5. The van der Waals surface area contributed by atoms with E-state index < -0.39 is 12.1 Å². The number of methoxy groups -OCH3 is 2. The van der Waals surface area contributed by atoms with Gasteiger partial charge in [-0.3, -0.25) is 14.5 Å². The van der Waals surface area contributed by atoms with E-state index in [0.717, 1.165) is 16.5 Å². The number of carbonyl (C=O) groups excluding carboxylic acids is 3. The number of rotatable bonds is 9. The first kappa shape index (κ1) is 22.2. The van der Waals surface area contributed by atoms with Gasteiger partial charge in [0.1, 0.15) is 6.04 Å². The van der Waals surface area contributed by atoms with Crippen molar-refractivity contribution < 1.29 is 23.9 Å². The highest BCUT2D eigenvalue weighted by Gasteiger charge is 2.37. The number of anilines is 1. The highest BCUT2D eigenvalue weighted by molar-refractivity contribution is 6.04. The number of aromatic nitrogens is 1. The fraction of sp³-hybridized carbons (Fsp3) is 0.292. The molecule has 1 fully saturated rings. The monoisotopic (exact) mass is 450 g/mol. The summed E-state index contributed by atoms with van der Waals surface area (Å²) in [7, 11) is 3.11. The van der Waals surface area contributed by atoms with E-state index in [2.05, 4.69) is 15.6 Å². The van der Waals surface area contributed by atoms with Gasteiger partial charge < -0.3 is 25.1 Å². The first-order valence-electron chi connectivity index (χ1n) is 10.7. The number of nitrogens with one attached hydrogen (secondary N) is 3. The molecule has 33 heavy (non-hydrogen) atoms. The lowest BCUT2D eigenvalue weighted by atomic mass is 10.1. The second-order valence-corrected chi connectivity index (χ2v) is 7.80. The standard InChI is InChI=1S/C24H26N4O5/c1-32-20-7-3-15(13-21(20)33-2)10-12-28-23(30)18(27-24(28)31)6-8-22(29)26-17-5-4-16-9-11-25-19(16)14-17/h3-5,7,9,11,13-14,18,25H,6,8,10,12H2,1-2H3,(H,26,29)(H,27,31)/t18-/m0/s1. The van der Waals surface area contributed by atoms with E-state index in [1.54, 1.807) is 20.3 Å². The van der Waals surface area contributed by atoms with Gasteiger partial charge in [-0.25, -0.2) is 4.79 Å². The number of nitrogens with zero attached hydrogens (tertiary/aromatic N) is 1. The molecule has 0 radical (unpaired) electrons. The third kappa shape index (κ3) is 4.92. The van der Waals surface area contributed by atoms with Crippen molar-refractivity contribution >= 4 is 34.4 Å². The minimum Gasteiger partial charge on any atom is -0.493 e. The predicted octanol–water partition coefficient (Wildman–Crippen LogP) is 3.07.